The van der Waals surface area contributed by atoms with Crippen molar-refractivity contribution in [2.24, 2.45) is 0 Å². The summed E-state index contributed by atoms with van der Waals surface area (Å²) in [4.78, 5) is 0.355. The van der Waals surface area contributed by atoms with Crippen LogP contribution in [0.25, 0.3) is 5.57 Å². The molecule has 2 aromatic carbocycles. The van der Waals surface area contributed by atoms with Crippen molar-refractivity contribution >= 4 is 32.5 Å². The molecular weight excluding hydrogens is 380 g/mol. The summed E-state index contributed by atoms with van der Waals surface area (Å²) in [6, 6.07) is 15.8. The summed E-state index contributed by atoms with van der Waals surface area (Å²) in [6.07, 6.45) is 1.32. The molecule has 3 rings (SSSR count). The largest absolute Gasteiger partial charge is 0.378 e. The summed E-state index contributed by atoms with van der Waals surface area (Å²) in [5, 5.41) is 17.7. The van der Waals surface area contributed by atoms with Gasteiger partial charge in [0.05, 0.1) is 15.5 Å². The Morgan fingerprint density at radius 1 is 1.15 bits per heavy atom. The van der Waals surface area contributed by atoms with E-state index in [0.717, 1.165) is 22.9 Å². The van der Waals surface area contributed by atoms with E-state index >= 15 is 0 Å². The zero-order valence-electron chi connectivity index (χ0n) is 14.7. The van der Waals surface area contributed by atoms with Crippen molar-refractivity contribution in [3.63, 3.8) is 0 Å². The lowest BCUT2D eigenvalue weighted by atomic mass is 10.0. The molecule has 2 aromatic rings. The zero-order valence-corrected chi connectivity index (χ0v) is 16.3. The van der Waals surface area contributed by atoms with Gasteiger partial charge in [-0.1, -0.05) is 48.2 Å². The molecule has 0 aromatic heterocycles. The number of rotatable bonds is 4. The van der Waals surface area contributed by atoms with Gasteiger partial charge in [-0.15, -0.1) is 0 Å². The molecule has 0 fully saturated rings. The Bertz CT molecular complexity index is 1140. The standard InChI is InChI=1S/C20H16N2O3S2/c1-13-6-5-8-15(10-13)27(23,24)25-18-11-19(22)26-20(18)17(12-21)16-9-4-3-7-14(16)2/h3-11,22H,1-2H3. The van der Waals surface area contributed by atoms with Crippen LogP contribution in [0, 0.1) is 30.6 Å². The predicted octanol–water partition coefficient (Wildman–Crippen LogP) is 4.55. The van der Waals surface area contributed by atoms with Crippen LogP contribution in [0.3, 0.4) is 0 Å². The summed E-state index contributed by atoms with van der Waals surface area (Å²) in [5.41, 5.74) is 2.63. The lowest BCUT2D eigenvalue weighted by molar-refractivity contribution is 0.419. The Hall–Kier alpha value is -2.82. The second kappa shape index (κ2) is 7.43. The van der Waals surface area contributed by atoms with Gasteiger partial charge in [-0.2, -0.15) is 13.7 Å². The molecule has 1 N–H and O–H groups in total. The monoisotopic (exact) mass is 396 g/mol. The number of aryl methyl sites for hydroxylation is 2. The third kappa shape index (κ3) is 3.97. The Morgan fingerprint density at radius 2 is 1.89 bits per heavy atom. The van der Waals surface area contributed by atoms with Gasteiger partial charge in [0.1, 0.15) is 11.0 Å². The topological polar surface area (TPSA) is 91.0 Å². The number of nitrogens with one attached hydrogen (secondary N) is 1. The van der Waals surface area contributed by atoms with E-state index in [2.05, 4.69) is 6.07 Å². The Balaban J connectivity index is 2.07. The minimum Gasteiger partial charge on any atom is -0.378 e. The normalized spacial score (nSPS) is 15.9. The first-order valence-electron chi connectivity index (χ1n) is 8.02. The number of thioether (sulfide) groups is 1. The van der Waals surface area contributed by atoms with Gasteiger partial charge < -0.3 is 4.18 Å². The summed E-state index contributed by atoms with van der Waals surface area (Å²) in [6.45, 7) is 3.66. The first kappa shape index (κ1) is 19.0. The van der Waals surface area contributed by atoms with E-state index < -0.39 is 10.1 Å². The quantitative estimate of drug-likeness (QED) is 0.605. The van der Waals surface area contributed by atoms with Gasteiger partial charge in [-0.3, -0.25) is 5.41 Å². The van der Waals surface area contributed by atoms with Gasteiger partial charge in [-0.25, -0.2) is 0 Å². The molecule has 0 saturated carbocycles. The first-order valence-corrected chi connectivity index (χ1v) is 10.2. The lowest BCUT2D eigenvalue weighted by Gasteiger charge is -2.12. The highest BCUT2D eigenvalue weighted by Gasteiger charge is 2.29. The van der Waals surface area contributed by atoms with E-state index in [-0.39, 0.29) is 21.3 Å². The van der Waals surface area contributed by atoms with Crippen LogP contribution in [0.15, 0.2) is 70.2 Å². The molecule has 136 valence electrons. The molecule has 0 saturated heterocycles. The van der Waals surface area contributed by atoms with E-state index in [0.29, 0.717) is 10.5 Å². The zero-order chi connectivity index (χ0) is 19.6. The van der Waals surface area contributed by atoms with Crippen molar-refractivity contribution < 1.29 is 12.6 Å². The molecule has 27 heavy (non-hydrogen) atoms. The number of nitrogens with zero attached hydrogens (tertiary/aromatic N) is 1. The SMILES string of the molecule is Cc1cccc(S(=O)(=O)OC2=CC(=N)SC2=C(C#N)c2ccccc2C)c1. The molecule has 1 aliphatic rings. The highest BCUT2D eigenvalue weighted by Crippen LogP contribution is 2.41. The number of benzene rings is 2. The minimum absolute atomic E-state index is 0.00805. The van der Waals surface area contributed by atoms with Crippen LogP contribution in [0.2, 0.25) is 0 Å². The average molecular weight is 396 g/mol. The van der Waals surface area contributed by atoms with Gasteiger partial charge in [0.25, 0.3) is 0 Å². The Morgan fingerprint density at radius 3 is 2.56 bits per heavy atom. The highest BCUT2D eigenvalue weighted by molar-refractivity contribution is 8.18. The fourth-order valence-electron chi connectivity index (χ4n) is 2.63. The van der Waals surface area contributed by atoms with Crippen molar-refractivity contribution in [1.82, 2.24) is 0 Å². The van der Waals surface area contributed by atoms with E-state index in [9.17, 15) is 13.7 Å². The summed E-state index contributed by atoms with van der Waals surface area (Å²) in [5.74, 6) is -0.00805. The molecule has 0 atom stereocenters. The van der Waals surface area contributed by atoms with Crippen molar-refractivity contribution in [3.05, 3.63) is 82.0 Å². The summed E-state index contributed by atoms with van der Waals surface area (Å²) < 4.78 is 30.6. The van der Waals surface area contributed by atoms with Crippen molar-refractivity contribution in [2.45, 2.75) is 18.7 Å². The number of hydrogen-bond acceptors (Lipinski definition) is 6. The predicted molar refractivity (Wildman–Crippen MR) is 107 cm³/mol. The van der Waals surface area contributed by atoms with Gasteiger partial charge in [0.2, 0.25) is 0 Å². The van der Waals surface area contributed by atoms with Crippen LogP contribution in [0.1, 0.15) is 16.7 Å². The fourth-order valence-corrected chi connectivity index (χ4v) is 4.57. The minimum atomic E-state index is -4.08. The number of allylic oxidation sites excluding steroid dienone is 1. The molecule has 0 radical (unpaired) electrons. The molecule has 1 aliphatic heterocycles. The van der Waals surface area contributed by atoms with Crippen LogP contribution in [0.4, 0.5) is 0 Å². The third-order valence-corrected chi connectivity index (χ3v) is 6.11. The maximum Gasteiger partial charge on any atom is 0.339 e. The van der Waals surface area contributed by atoms with Gasteiger partial charge in [0, 0.05) is 6.08 Å². The van der Waals surface area contributed by atoms with E-state index in [1.165, 1.54) is 18.2 Å². The van der Waals surface area contributed by atoms with E-state index in [4.69, 9.17) is 9.59 Å². The Kier molecular flexibility index (Phi) is 5.22. The van der Waals surface area contributed by atoms with Crippen LogP contribution in [-0.2, 0) is 14.3 Å². The first-order chi connectivity index (χ1) is 12.8. The molecule has 7 heteroatoms. The lowest BCUT2D eigenvalue weighted by Crippen LogP contribution is -2.07. The highest BCUT2D eigenvalue weighted by atomic mass is 32.2. The second-order valence-electron chi connectivity index (χ2n) is 5.96. The molecular formula is C20H16N2O3S2. The molecule has 5 nitrogen and oxygen atoms in total. The number of nitriles is 1. The third-order valence-electron chi connectivity index (χ3n) is 3.93. The van der Waals surface area contributed by atoms with Gasteiger partial charge >= 0.3 is 10.1 Å². The van der Waals surface area contributed by atoms with Crippen LogP contribution in [0.5, 0.6) is 0 Å². The summed E-state index contributed by atoms with van der Waals surface area (Å²) >= 11 is 1.01. The van der Waals surface area contributed by atoms with E-state index in [1.807, 2.05) is 19.1 Å². The van der Waals surface area contributed by atoms with E-state index in [1.54, 1.807) is 31.2 Å². The van der Waals surface area contributed by atoms with Crippen molar-refractivity contribution in [3.8, 4) is 6.07 Å². The van der Waals surface area contributed by atoms with Crippen molar-refractivity contribution in [2.75, 3.05) is 0 Å². The molecule has 0 unspecified atom stereocenters. The van der Waals surface area contributed by atoms with Crippen LogP contribution < -0.4 is 0 Å². The molecule has 0 aliphatic carbocycles. The molecule has 0 spiro atoms. The average Bonchev–Trinajstić information content (AvgIpc) is 2.96. The van der Waals surface area contributed by atoms with Crippen LogP contribution in [-0.4, -0.2) is 13.5 Å². The number of hydrogen-bond donors (Lipinski definition) is 1. The van der Waals surface area contributed by atoms with Gasteiger partial charge in [0.15, 0.2) is 5.76 Å². The van der Waals surface area contributed by atoms with Gasteiger partial charge in [-0.05, 0) is 42.7 Å². The fraction of sp³-hybridized carbons (Fsp3) is 0.100. The molecule has 0 amide bonds. The maximum absolute atomic E-state index is 12.7. The van der Waals surface area contributed by atoms with Crippen molar-refractivity contribution in [1.29, 1.82) is 10.7 Å². The maximum atomic E-state index is 12.7. The molecule has 1 heterocycles. The Labute approximate surface area is 162 Å². The molecule has 0 bridgehead atoms. The summed E-state index contributed by atoms with van der Waals surface area (Å²) in [7, 11) is -4.08. The smallest absolute Gasteiger partial charge is 0.339 e. The van der Waals surface area contributed by atoms with Crippen LogP contribution >= 0.6 is 11.8 Å². The second-order valence-corrected chi connectivity index (χ2v) is 8.56.